The van der Waals surface area contributed by atoms with E-state index in [4.69, 9.17) is 5.11 Å². The number of benzene rings is 1. The van der Waals surface area contributed by atoms with Crippen molar-refractivity contribution in [1.29, 1.82) is 0 Å². The number of anilines is 1. The summed E-state index contributed by atoms with van der Waals surface area (Å²) < 4.78 is 29.1. The van der Waals surface area contributed by atoms with Gasteiger partial charge in [-0.25, -0.2) is 4.79 Å². The summed E-state index contributed by atoms with van der Waals surface area (Å²) in [5.74, 6) is -1.49. The first-order chi connectivity index (χ1) is 11.6. The van der Waals surface area contributed by atoms with E-state index >= 15 is 0 Å². The number of carbonyl (C=O) groups is 2. The third-order valence-electron chi connectivity index (χ3n) is 3.91. The van der Waals surface area contributed by atoms with Gasteiger partial charge in [0, 0.05) is 25.2 Å². The Morgan fingerprint density at radius 3 is 2.68 bits per heavy atom. The highest BCUT2D eigenvalue weighted by molar-refractivity contribution is 5.92. The molecule has 9 nitrogen and oxygen atoms in total. The van der Waals surface area contributed by atoms with E-state index in [1.165, 1.54) is 11.8 Å². The molecule has 1 heterocycles. The smallest absolute Gasteiger partial charge is 0.387 e. The van der Waals surface area contributed by atoms with Crippen LogP contribution in [0.5, 0.6) is 5.75 Å². The van der Waals surface area contributed by atoms with Gasteiger partial charge >= 0.3 is 18.6 Å². The van der Waals surface area contributed by atoms with Crippen molar-refractivity contribution in [1.82, 2.24) is 4.90 Å². The van der Waals surface area contributed by atoms with Crippen LogP contribution in [-0.2, 0) is 4.79 Å². The van der Waals surface area contributed by atoms with Crippen molar-refractivity contribution >= 4 is 23.4 Å². The number of halogens is 2. The fourth-order valence-electron chi connectivity index (χ4n) is 2.43. The molecule has 1 saturated heterocycles. The molecule has 1 aliphatic heterocycles. The Bertz CT molecular complexity index is 714. The van der Waals surface area contributed by atoms with Crippen molar-refractivity contribution in [3.8, 4) is 5.75 Å². The second-order valence-corrected chi connectivity index (χ2v) is 5.78. The van der Waals surface area contributed by atoms with Crippen molar-refractivity contribution in [2.45, 2.75) is 20.0 Å². The predicted octanol–water partition coefficient (Wildman–Crippen LogP) is 2.52. The van der Waals surface area contributed by atoms with Crippen molar-refractivity contribution < 1.29 is 33.1 Å². The maximum absolute atomic E-state index is 12.4. The lowest BCUT2D eigenvalue weighted by atomic mass is 9.90. The van der Waals surface area contributed by atoms with Crippen LogP contribution in [0.1, 0.15) is 13.3 Å². The predicted molar refractivity (Wildman–Crippen MR) is 80.7 cm³/mol. The number of nitrogens with zero attached hydrogens (tertiary/aromatic N) is 2. The average Bonchev–Trinajstić information content (AvgIpc) is 2.92. The molecule has 0 aliphatic carbocycles. The van der Waals surface area contributed by atoms with Crippen LogP contribution in [0.2, 0.25) is 0 Å². The SMILES string of the molecule is CC1(C(=O)O)CCN(C(=O)Nc2cc([N+](=O)[O-])ccc2OC(F)F)C1. The summed E-state index contributed by atoms with van der Waals surface area (Å²) >= 11 is 0. The molecule has 0 bridgehead atoms. The monoisotopic (exact) mass is 359 g/mol. The number of amides is 2. The number of nitrogens with one attached hydrogen (secondary N) is 1. The van der Waals surface area contributed by atoms with Crippen molar-refractivity contribution in [2.24, 2.45) is 5.41 Å². The molecule has 0 radical (unpaired) electrons. The van der Waals surface area contributed by atoms with Crippen LogP contribution in [0.4, 0.5) is 25.0 Å². The lowest BCUT2D eigenvalue weighted by Gasteiger charge is -2.21. The zero-order valence-corrected chi connectivity index (χ0v) is 13.1. The Morgan fingerprint density at radius 1 is 1.48 bits per heavy atom. The summed E-state index contributed by atoms with van der Waals surface area (Å²) in [7, 11) is 0. The highest BCUT2D eigenvalue weighted by Gasteiger charge is 2.42. The first-order valence-corrected chi connectivity index (χ1v) is 7.15. The Kier molecular flexibility index (Phi) is 5.04. The summed E-state index contributed by atoms with van der Waals surface area (Å²) in [5.41, 5.74) is -1.83. The van der Waals surface area contributed by atoms with Gasteiger partial charge in [0.15, 0.2) is 0 Å². The van der Waals surface area contributed by atoms with Gasteiger partial charge in [0.25, 0.3) is 5.69 Å². The minimum Gasteiger partial charge on any atom is -0.481 e. The van der Waals surface area contributed by atoms with Crippen LogP contribution in [0.3, 0.4) is 0 Å². The molecule has 0 saturated carbocycles. The molecule has 1 aromatic rings. The molecule has 0 spiro atoms. The number of ether oxygens (including phenoxy) is 1. The van der Waals surface area contributed by atoms with E-state index in [1.54, 1.807) is 0 Å². The first kappa shape index (κ1) is 18.4. The minimum atomic E-state index is -3.18. The number of carboxylic acids is 1. The number of hydrogen-bond acceptors (Lipinski definition) is 5. The number of rotatable bonds is 5. The Morgan fingerprint density at radius 2 is 2.16 bits per heavy atom. The van der Waals surface area contributed by atoms with Gasteiger partial charge in [0.05, 0.1) is 16.0 Å². The summed E-state index contributed by atoms with van der Waals surface area (Å²) in [6, 6.07) is 2.04. The fraction of sp³-hybridized carbons (Fsp3) is 0.429. The van der Waals surface area contributed by atoms with E-state index in [1.807, 2.05) is 0 Å². The molecule has 1 unspecified atom stereocenters. The Labute approximate surface area is 140 Å². The van der Waals surface area contributed by atoms with Gasteiger partial charge in [-0.05, 0) is 19.4 Å². The number of carbonyl (C=O) groups excluding carboxylic acids is 1. The number of nitro groups is 1. The first-order valence-electron chi connectivity index (χ1n) is 7.15. The summed E-state index contributed by atoms with van der Waals surface area (Å²) in [4.78, 5) is 34.7. The average molecular weight is 359 g/mol. The quantitative estimate of drug-likeness (QED) is 0.615. The lowest BCUT2D eigenvalue weighted by Crippen LogP contribution is -2.37. The largest absolute Gasteiger partial charge is 0.481 e. The Balaban J connectivity index is 2.20. The van der Waals surface area contributed by atoms with Gasteiger partial charge in [0.2, 0.25) is 0 Å². The Hall–Kier alpha value is -2.98. The third-order valence-corrected chi connectivity index (χ3v) is 3.91. The standard InChI is InChI=1S/C14H15F2N3O6/c1-14(11(20)21)4-5-18(7-14)13(22)17-9-6-8(19(23)24)2-3-10(9)25-12(15)16/h2-3,6,12H,4-5,7H2,1H3,(H,17,22)(H,20,21). The van der Waals surface area contributed by atoms with Crippen molar-refractivity contribution in [3.05, 3.63) is 28.3 Å². The summed E-state index contributed by atoms with van der Waals surface area (Å²) in [5, 5.41) is 22.2. The van der Waals surface area contributed by atoms with E-state index in [9.17, 15) is 28.5 Å². The summed E-state index contributed by atoms with van der Waals surface area (Å²) in [6.45, 7) is -1.62. The molecule has 1 aromatic carbocycles. The van der Waals surface area contributed by atoms with Crippen molar-refractivity contribution in [3.63, 3.8) is 0 Å². The molecule has 2 rings (SSSR count). The molecule has 0 aromatic heterocycles. The van der Waals surface area contributed by atoms with Crippen LogP contribution in [-0.4, -0.2) is 46.6 Å². The number of carboxylic acid groups (broad SMARTS) is 1. The zero-order valence-electron chi connectivity index (χ0n) is 13.1. The maximum atomic E-state index is 12.4. The fourth-order valence-corrected chi connectivity index (χ4v) is 2.43. The number of aliphatic carboxylic acids is 1. The van der Waals surface area contributed by atoms with Crippen LogP contribution in [0.25, 0.3) is 0 Å². The number of alkyl halides is 2. The molecule has 1 atom stereocenters. The van der Waals surface area contributed by atoms with Gasteiger partial charge < -0.3 is 20.1 Å². The van der Waals surface area contributed by atoms with E-state index < -0.39 is 40.4 Å². The van der Waals surface area contributed by atoms with E-state index in [0.29, 0.717) is 0 Å². The number of non-ortho nitro benzene ring substituents is 1. The second kappa shape index (κ2) is 6.87. The number of likely N-dealkylation sites (tertiary alicyclic amines) is 1. The number of urea groups is 1. The molecule has 1 aliphatic rings. The van der Waals surface area contributed by atoms with Crippen LogP contribution >= 0.6 is 0 Å². The minimum absolute atomic E-state index is 0.0753. The number of nitro benzene ring substituents is 1. The molecular formula is C14H15F2N3O6. The molecule has 25 heavy (non-hydrogen) atoms. The van der Waals surface area contributed by atoms with Gasteiger partial charge in [-0.1, -0.05) is 0 Å². The van der Waals surface area contributed by atoms with Crippen LogP contribution in [0.15, 0.2) is 18.2 Å². The molecule has 136 valence electrons. The van der Waals surface area contributed by atoms with Gasteiger partial charge in [-0.2, -0.15) is 8.78 Å². The lowest BCUT2D eigenvalue weighted by molar-refractivity contribution is -0.384. The highest BCUT2D eigenvalue weighted by atomic mass is 19.3. The van der Waals surface area contributed by atoms with E-state index in [2.05, 4.69) is 10.1 Å². The van der Waals surface area contributed by atoms with Crippen LogP contribution in [0, 0.1) is 15.5 Å². The zero-order chi connectivity index (χ0) is 18.8. The normalized spacial score (nSPS) is 19.8. The molecular weight excluding hydrogens is 344 g/mol. The molecule has 2 amide bonds. The highest BCUT2D eigenvalue weighted by Crippen LogP contribution is 2.33. The topological polar surface area (TPSA) is 122 Å². The van der Waals surface area contributed by atoms with Gasteiger partial charge in [-0.3, -0.25) is 14.9 Å². The second-order valence-electron chi connectivity index (χ2n) is 5.78. The van der Waals surface area contributed by atoms with E-state index in [-0.39, 0.29) is 25.2 Å². The molecule has 11 heteroatoms. The van der Waals surface area contributed by atoms with Gasteiger partial charge in [-0.15, -0.1) is 0 Å². The third kappa shape index (κ3) is 4.11. The van der Waals surface area contributed by atoms with Crippen LogP contribution < -0.4 is 10.1 Å². The van der Waals surface area contributed by atoms with E-state index in [0.717, 1.165) is 18.2 Å². The maximum Gasteiger partial charge on any atom is 0.387 e. The molecule has 1 fully saturated rings. The summed E-state index contributed by atoms with van der Waals surface area (Å²) in [6.07, 6.45) is 0.227. The number of hydrogen-bond donors (Lipinski definition) is 2. The molecule has 2 N–H and O–H groups in total. The van der Waals surface area contributed by atoms with Gasteiger partial charge in [0.1, 0.15) is 5.75 Å². The van der Waals surface area contributed by atoms with Crippen molar-refractivity contribution in [2.75, 3.05) is 18.4 Å².